The van der Waals surface area contributed by atoms with Gasteiger partial charge in [-0.2, -0.15) is 0 Å². The number of nitrogens with zero attached hydrogens (tertiary/aromatic N) is 3. The summed E-state index contributed by atoms with van der Waals surface area (Å²) in [6, 6.07) is -0.750. The van der Waals surface area contributed by atoms with Gasteiger partial charge in [-0.15, -0.1) is 0 Å². The van der Waals surface area contributed by atoms with Crippen molar-refractivity contribution in [3.8, 4) is 0 Å². The monoisotopic (exact) mass is 297 g/mol. The maximum Gasteiger partial charge on any atom is 0.334 e. The number of carbonyl (C=O) groups excluding carboxylic acids is 4. The summed E-state index contributed by atoms with van der Waals surface area (Å²) in [7, 11) is 1.47. The highest BCUT2D eigenvalue weighted by atomic mass is 16.3. The number of hydrogen-bond acceptors (Lipinski definition) is 5. The zero-order valence-electron chi connectivity index (χ0n) is 12.3. The molecule has 5 amide bonds. The highest BCUT2D eigenvalue weighted by Gasteiger charge is 2.44. The molecule has 0 saturated carbocycles. The topological polar surface area (TPSA) is 98.2 Å². The van der Waals surface area contributed by atoms with E-state index in [1.807, 2.05) is 0 Å². The lowest BCUT2D eigenvalue weighted by atomic mass is 10.2. The summed E-state index contributed by atoms with van der Waals surface area (Å²) in [5.74, 6) is -2.21. The number of imide groups is 2. The molecule has 0 aliphatic carbocycles. The maximum absolute atomic E-state index is 11.8. The quantitative estimate of drug-likeness (QED) is 0.393. The molecule has 1 rings (SSSR count). The second-order valence-corrected chi connectivity index (χ2v) is 4.87. The van der Waals surface area contributed by atoms with E-state index in [4.69, 9.17) is 0 Å². The third-order valence-electron chi connectivity index (χ3n) is 3.04. The molecule has 0 radical (unpaired) electrons. The van der Waals surface area contributed by atoms with Crippen LogP contribution in [0.4, 0.5) is 4.79 Å². The summed E-state index contributed by atoms with van der Waals surface area (Å²) >= 11 is 0. The lowest BCUT2D eigenvalue weighted by molar-refractivity contribution is -0.143. The van der Waals surface area contributed by atoms with Crippen LogP contribution < -0.4 is 0 Å². The third-order valence-corrected chi connectivity index (χ3v) is 3.04. The van der Waals surface area contributed by atoms with Gasteiger partial charge in [-0.1, -0.05) is 6.58 Å². The number of rotatable bonds is 6. The summed E-state index contributed by atoms with van der Waals surface area (Å²) in [6.07, 6.45) is -1.14. The van der Waals surface area contributed by atoms with Crippen LogP contribution in [-0.4, -0.2) is 76.3 Å². The van der Waals surface area contributed by atoms with E-state index >= 15 is 0 Å². The number of urea groups is 1. The SMILES string of the molecule is C=C(C)C(=O)N(C)CC(O)CN1C(=O)C(=O)N(CC)C1=O. The minimum atomic E-state index is -1.14. The molecule has 1 fully saturated rings. The highest BCUT2D eigenvalue weighted by molar-refractivity contribution is 6.44. The van der Waals surface area contributed by atoms with Gasteiger partial charge in [0.15, 0.2) is 0 Å². The van der Waals surface area contributed by atoms with Gasteiger partial charge in [0.1, 0.15) is 0 Å². The van der Waals surface area contributed by atoms with E-state index in [9.17, 15) is 24.3 Å². The van der Waals surface area contributed by atoms with Gasteiger partial charge in [0.2, 0.25) is 5.91 Å². The molecule has 0 bridgehead atoms. The van der Waals surface area contributed by atoms with Crippen LogP contribution in [0.5, 0.6) is 0 Å². The van der Waals surface area contributed by atoms with Crippen molar-refractivity contribution in [2.24, 2.45) is 0 Å². The smallest absolute Gasteiger partial charge is 0.334 e. The van der Waals surface area contributed by atoms with Crippen LogP contribution in [0.25, 0.3) is 0 Å². The zero-order valence-corrected chi connectivity index (χ0v) is 12.3. The molecular weight excluding hydrogens is 278 g/mol. The number of hydrogen-bond donors (Lipinski definition) is 1. The second-order valence-electron chi connectivity index (χ2n) is 4.87. The molecule has 1 N–H and O–H groups in total. The standard InChI is InChI=1S/C13H19N3O5/c1-5-15-11(19)12(20)16(13(15)21)7-9(17)6-14(4)10(18)8(2)3/h9,17H,2,5-7H2,1,3-4H3. The van der Waals surface area contributed by atoms with Crippen LogP contribution in [0.3, 0.4) is 0 Å². The van der Waals surface area contributed by atoms with Gasteiger partial charge in [0.25, 0.3) is 0 Å². The Hall–Kier alpha value is -2.22. The molecule has 1 aliphatic rings. The van der Waals surface area contributed by atoms with Crippen LogP contribution >= 0.6 is 0 Å². The molecule has 8 nitrogen and oxygen atoms in total. The van der Waals surface area contributed by atoms with E-state index in [1.54, 1.807) is 6.92 Å². The molecule has 0 aromatic carbocycles. The Morgan fingerprint density at radius 2 is 1.81 bits per heavy atom. The van der Waals surface area contributed by atoms with Crippen molar-refractivity contribution in [1.82, 2.24) is 14.7 Å². The number of aliphatic hydroxyl groups excluding tert-OH is 1. The average molecular weight is 297 g/mol. The number of amides is 5. The summed E-state index contributed by atoms with van der Waals surface area (Å²) in [6.45, 7) is 6.28. The molecule has 1 unspecified atom stereocenters. The first-order valence-corrected chi connectivity index (χ1v) is 6.47. The van der Waals surface area contributed by atoms with Gasteiger partial charge >= 0.3 is 17.8 Å². The van der Waals surface area contributed by atoms with E-state index in [0.29, 0.717) is 10.5 Å². The number of carbonyl (C=O) groups is 4. The number of aliphatic hydroxyl groups is 1. The Balaban J connectivity index is 2.67. The van der Waals surface area contributed by atoms with Gasteiger partial charge in [-0.05, 0) is 13.8 Å². The van der Waals surface area contributed by atoms with Crippen LogP contribution in [0, 0.1) is 0 Å². The summed E-state index contributed by atoms with van der Waals surface area (Å²) in [5.41, 5.74) is 0.311. The van der Waals surface area contributed by atoms with Crippen LogP contribution in [0.2, 0.25) is 0 Å². The van der Waals surface area contributed by atoms with Gasteiger partial charge in [0.05, 0.1) is 12.6 Å². The van der Waals surface area contributed by atoms with Crippen molar-refractivity contribution in [3.05, 3.63) is 12.2 Å². The Morgan fingerprint density at radius 3 is 2.24 bits per heavy atom. The molecule has 1 saturated heterocycles. The van der Waals surface area contributed by atoms with E-state index < -0.39 is 23.9 Å². The lowest BCUT2D eigenvalue weighted by Crippen LogP contribution is -2.43. The van der Waals surface area contributed by atoms with Crippen molar-refractivity contribution >= 4 is 23.8 Å². The number of likely N-dealkylation sites (N-methyl/N-ethyl adjacent to an activating group) is 2. The minimum Gasteiger partial charge on any atom is -0.389 e. The Bertz CT molecular complexity index is 502. The molecule has 1 aliphatic heterocycles. The van der Waals surface area contributed by atoms with Crippen molar-refractivity contribution in [2.45, 2.75) is 20.0 Å². The highest BCUT2D eigenvalue weighted by Crippen LogP contribution is 2.12. The molecule has 21 heavy (non-hydrogen) atoms. The number of β-amino-alcohol motifs (C(OH)–C–C–N with tert-alkyl or cyclic N) is 1. The molecule has 1 atom stereocenters. The first-order valence-electron chi connectivity index (χ1n) is 6.47. The molecular formula is C13H19N3O5. The van der Waals surface area contributed by atoms with Crippen LogP contribution in [0.15, 0.2) is 12.2 Å². The summed E-state index contributed by atoms with van der Waals surface area (Å²) in [4.78, 5) is 49.3. The van der Waals surface area contributed by atoms with E-state index in [-0.39, 0.29) is 25.5 Å². The van der Waals surface area contributed by atoms with Crippen molar-refractivity contribution < 1.29 is 24.3 Å². The Labute approximate surface area is 122 Å². The minimum absolute atomic E-state index is 0.0803. The maximum atomic E-state index is 11.8. The van der Waals surface area contributed by atoms with Crippen LogP contribution in [-0.2, 0) is 14.4 Å². The van der Waals surface area contributed by atoms with Gasteiger partial charge in [-0.3, -0.25) is 24.2 Å². The Morgan fingerprint density at radius 1 is 1.29 bits per heavy atom. The van der Waals surface area contributed by atoms with E-state index in [1.165, 1.54) is 18.9 Å². The van der Waals surface area contributed by atoms with Gasteiger partial charge in [0, 0.05) is 25.7 Å². The average Bonchev–Trinajstić information content (AvgIpc) is 2.61. The van der Waals surface area contributed by atoms with Crippen molar-refractivity contribution in [3.63, 3.8) is 0 Å². The predicted octanol–water partition coefficient (Wildman–Crippen LogP) is -0.807. The molecule has 1 heterocycles. The zero-order chi connectivity index (χ0) is 16.3. The van der Waals surface area contributed by atoms with Crippen molar-refractivity contribution in [2.75, 3.05) is 26.7 Å². The third kappa shape index (κ3) is 3.46. The molecule has 0 spiro atoms. The van der Waals surface area contributed by atoms with E-state index in [0.717, 1.165) is 4.90 Å². The van der Waals surface area contributed by atoms with Crippen molar-refractivity contribution in [1.29, 1.82) is 0 Å². The summed E-state index contributed by atoms with van der Waals surface area (Å²) < 4.78 is 0. The van der Waals surface area contributed by atoms with E-state index in [2.05, 4.69) is 6.58 Å². The molecule has 8 heteroatoms. The fourth-order valence-electron chi connectivity index (χ4n) is 1.98. The fourth-order valence-corrected chi connectivity index (χ4v) is 1.98. The first kappa shape index (κ1) is 16.8. The lowest BCUT2D eigenvalue weighted by Gasteiger charge is -2.23. The molecule has 0 aromatic rings. The van der Waals surface area contributed by atoms with Crippen LogP contribution in [0.1, 0.15) is 13.8 Å². The summed E-state index contributed by atoms with van der Waals surface area (Å²) in [5, 5.41) is 9.89. The largest absolute Gasteiger partial charge is 0.389 e. The second kappa shape index (κ2) is 6.49. The first-order chi connectivity index (χ1) is 9.70. The predicted molar refractivity (Wildman–Crippen MR) is 73.0 cm³/mol. The normalized spacial score (nSPS) is 16.5. The van der Waals surface area contributed by atoms with Gasteiger partial charge in [-0.25, -0.2) is 4.79 Å². The Kier molecular flexibility index (Phi) is 5.20. The fraction of sp³-hybridized carbons (Fsp3) is 0.538. The molecule has 0 aromatic heterocycles. The molecule has 116 valence electrons. The van der Waals surface area contributed by atoms with Gasteiger partial charge < -0.3 is 10.0 Å².